The minimum Gasteiger partial charge on any atom is -0.465 e. The number of carbonyl (C=O) groups excluding carboxylic acids is 3. The quantitative estimate of drug-likeness (QED) is 0.0988. The number of aromatic nitrogens is 6. The van der Waals surface area contributed by atoms with Crippen molar-refractivity contribution in [2.24, 2.45) is 11.8 Å². The van der Waals surface area contributed by atoms with E-state index >= 15 is 0 Å². The number of benzene rings is 2. The molecular weight excluding hydrogens is 753 g/mol. The maximum atomic E-state index is 13.6. The zero-order valence-corrected chi connectivity index (χ0v) is 33.7. The molecule has 2 aromatic carbocycles. The van der Waals surface area contributed by atoms with Crippen LogP contribution in [0.25, 0.3) is 55.4 Å². The summed E-state index contributed by atoms with van der Waals surface area (Å²) in [5.41, 5.74) is 6.46. The highest BCUT2D eigenvalue weighted by atomic mass is 16.5. The monoisotopic (exact) mass is 800 g/mol. The molecule has 2 aliphatic heterocycles. The van der Waals surface area contributed by atoms with Gasteiger partial charge in [-0.1, -0.05) is 52.0 Å². The first-order valence-electron chi connectivity index (χ1n) is 20.1. The van der Waals surface area contributed by atoms with Crippen LogP contribution in [0.1, 0.15) is 77.1 Å². The molecule has 16 nitrogen and oxygen atoms in total. The first-order chi connectivity index (χ1) is 28.4. The van der Waals surface area contributed by atoms with Crippen LogP contribution in [0.2, 0.25) is 0 Å². The van der Waals surface area contributed by atoms with Crippen molar-refractivity contribution >= 4 is 57.1 Å². The van der Waals surface area contributed by atoms with Crippen LogP contribution in [-0.2, 0) is 14.3 Å². The molecule has 306 valence electrons. The van der Waals surface area contributed by atoms with Gasteiger partial charge >= 0.3 is 12.2 Å². The number of carbonyl (C=O) groups is 4. The van der Waals surface area contributed by atoms with Crippen LogP contribution in [0, 0.1) is 11.8 Å². The number of alkyl carbamates (subject to hydrolysis) is 1. The number of hydrogen-bond acceptors (Lipinski definition) is 9. The van der Waals surface area contributed by atoms with Crippen LogP contribution in [-0.4, -0.2) is 101 Å². The maximum Gasteiger partial charge on any atom is 0.407 e. The summed E-state index contributed by atoms with van der Waals surface area (Å²) in [6.07, 6.45) is 4.83. The van der Waals surface area contributed by atoms with Crippen molar-refractivity contribution < 1.29 is 29.0 Å². The number of amides is 4. The highest BCUT2D eigenvalue weighted by molar-refractivity contribution is 5.93. The number of imidazole rings is 2. The Balaban J connectivity index is 0.997. The summed E-state index contributed by atoms with van der Waals surface area (Å²) in [4.78, 5) is 79.7. The highest BCUT2D eigenvalue weighted by Crippen LogP contribution is 2.36. The molecule has 16 heteroatoms. The zero-order chi connectivity index (χ0) is 41.5. The van der Waals surface area contributed by atoms with Gasteiger partial charge in [-0.3, -0.25) is 9.59 Å². The van der Waals surface area contributed by atoms with Crippen LogP contribution in [0.4, 0.5) is 9.59 Å². The molecule has 4 amide bonds. The van der Waals surface area contributed by atoms with Gasteiger partial charge in [0.15, 0.2) is 11.3 Å². The van der Waals surface area contributed by atoms with Gasteiger partial charge in [0.1, 0.15) is 23.7 Å². The smallest absolute Gasteiger partial charge is 0.407 e. The van der Waals surface area contributed by atoms with Gasteiger partial charge in [0.05, 0.1) is 30.2 Å². The number of nitrogens with zero attached hydrogens (tertiary/aromatic N) is 6. The number of carboxylic acid groups (broad SMARTS) is 1. The molecule has 2 aliphatic rings. The number of nitrogens with one attached hydrogen (secondary N) is 4. The lowest BCUT2D eigenvalue weighted by Crippen LogP contribution is -2.51. The Morgan fingerprint density at radius 2 is 1.15 bits per heavy atom. The normalized spacial score (nSPS) is 17.9. The van der Waals surface area contributed by atoms with E-state index in [1.54, 1.807) is 16.0 Å². The lowest BCUT2D eigenvalue weighted by Gasteiger charge is -2.29. The van der Waals surface area contributed by atoms with Crippen molar-refractivity contribution in [3.05, 3.63) is 72.6 Å². The van der Waals surface area contributed by atoms with E-state index in [9.17, 15) is 24.3 Å². The summed E-state index contributed by atoms with van der Waals surface area (Å²) in [5.74, 6) is 0.562. The molecule has 6 aromatic rings. The number of pyridine rings is 2. The fraction of sp³-hybridized carbons (Fsp3) is 0.395. The Labute approximate surface area is 340 Å². The van der Waals surface area contributed by atoms with E-state index in [0.717, 1.165) is 69.7 Å². The van der Waals surface area contributed by atoms with Gasteiger partial charge in [-0.05, 0) is 83.7 Å². The summed E-state index contributed by atoms with van der Waals surface area (Å²) < 4.78 is 4.77. The molecule has 6 heterocycles. The molecule has 8 rings (SSSR count). The molecule has 0 saturated carbocycles. The van der Waals surface area contributed by atoms with Crippen molar-refractivity contribution in [3.63, 3.8) is 0 Å². The number of H-pyrrole nitrogens is 2. The van der Waals surface area contributed by atoms with Gasteiger partial charge in [-0.25, -0.2) is 29.5 Å². The summed E-state index contributed by atoms with van der Waals surface area (Å²) in [6, 6.07) is 14.5. The minimum atomic E-state index is -1.22. The molecule has 4 atom stereocenters. The molecule has 5 N–H and O–H groups in total. The Bertz CT molecular complexity index is 2580. The maximum absolute atomic E-state index is 13.6. The van der Waals surface area contributed by atoms with Crippen molar-refractivity contribution in [1.29, 1.82) is 0 Å². The highest BCUT2D eigenvalue weighted by Gasteiger charge is 2.39. The predicted molar refractivity (Wildman–Crippen MR) is 221 cm³/mol. The summed E-state index contributed by atoms with van der Waals surface area (Å²) in [7, 11) is 1.28. The van der Waals surface area contributed by atoms with Crippen molar-refractivity contribution in [3.8, 4) is 22.3 Å². The molecule has 1 unspecified atom stereocenters. The number of hydrogen-bond donors (Lipinski definition) is 5. The van der Waals surface area contributed by atoms with E-state index in [1.807, 2.05) is 46.0 Å². The fourth-order valence-electron chi connectivity index (χ4n) is 8.41. The van der Waals surface area contributed by atoms with E-state index in [1.165, 1.54) is 7.11 Å². The number of likely N-dealkylation sites (tertiary alicyclic amines) is 2. The van der Waals surface area contributed by atoms with E-state index in [-0.39, 0.29) is 35.7 Å². The average Bonchev–Trinajstić information content (AvgIpc) is 4.05. The molecule has 4 aromatic heterocycles. The summed E-state index contributed by atoms with van der Waals surface area (Å²) in [5, 5.41) is 16.5. The third-order valence-electron chi connectivity index (χ3n) is 11.5. The number of fused-ring (bicyclic) bond motifs is 3. The molecule has 2 saturated heterocycles. The van der Waals surface area contributed by atoms with E-state index in [4.69, 9.17) is 14.7 Å². The van der Waals surface area contributed by atoms with Crippen LogP contribution >= 0.6 is 0 Å². The lowest BCUT2D eigenvalue weighted by atomic mass is 9.99. The minimum absolute atomic E-state index is 0.126. The van der Waals surface area contributed by atoms with Crippen molar-refractivity contribution in [2.75, 3.05) is 20.2 Å². The number of aromatic amines is 2. The SMILES string of the molecule is COC(=O)N[C@H](C(=O)N1CCCC1c1nc2ncc(-c3ccc4cc(-c5cnc6nc([C@@H]7CCCN7C(=O)[C@@H](NC(=O)O)C(C)C)[nH]c6c5)ccc4c3)cc2[nH]1)C(C)C. The number of rotatable bonds is 10. The van der Waals surface area contributed by atoms with Gasteiger partial charge in [0, 0.05) is 36.6 Å². The predicted octanol–water partition coefficient (Wildman–Crippen LogP) is 6.72. The Morgan fingerprint density at radius 1 is 0.695 bits per heavy atom. The molecular formula is C43H48N10O6. The number of methoxy groups -OCH3 is 1. The standard InChI is InChI=1S/C43H48N10O6/c1-22(2)34(48-42(56)57)40(54)52-14-6-8-32(52)38-46-30-18-28(20-44-36(30)50-38)26-12-10-25-17-27(13-11-24(25)16-26)29-19-31-37(45-21-29)51-39(47-31)33-9-7-15-53(33)41(55)35(23(3)4)49-43(58)59-5/h10-13,16-23,32-35,48H,6-9,14-15H2,1-5H3,(H,49,58)(H,56,57)(H,44,46,50)(H,45,47,51)/t32-,33?,34-,35-/m0/s1. The molecule has 59 heavy (non-hydrogen) atoms. The zero-order valence-electron chi connectivity index (χ0n) is 33.7. The van der Waals surface area contributed by atoms with Crippen LogP contribution in [0.3, 0.4) is 0 Å². The first-order valence-corrected chi connectivity index (χ1v) is 20.1. The third-order valence-corrected chi connectivity index (χ3v) is 11.5. The second-order valence-electron chi connectivity index (χ2n) is 16.1. The molecule has 0 radical (unpaired) electrons. The van der Waals surface area contributed by atoms with E-state index in [2.05, 4.69) is 67.0 Å². The van der Waals surface area contributed by atoms with Gasteiger partial charge in [-0.2, -0.15) is 0 Å². The van der Waals surface area contributed by atoms with Gasteiger partial charge < -0.3 is 40.2 Å². The summed E-state index contributed by atoms with van der Waals surface area (Å²) >= 11 is 0. The van der Waals surface area contributed by atoms with Gasteiger partial charge in [0.2, 0.25) is 11.8 Å². The average molecular weight is 801 g/mol. The lowest BCUT2D eigenvalue weighted by molar-refractivity contribution is -0.136. The number of ether oxygens (including phenoxy) is 1. The van der Waals surface area contributed by atoms with Crippen molar-refractivity contribution in [2.45, 2.75) is 77.5 Å². The van der Waals surface area contributed by atoms with Crippen LogP contribution in [0.15, 0.2) is 60.9 Å². The Kier molecular flexibility index (Phi) is 10.6. The van der Waals surface area contributed by atoms with E-state index in [0.29, 0.717) is 36.0 Å². The Morgan fingerprint density at radius 3 is 1.58 bits per heavy atom. The van der Waals surface area contributed by atoms with Crippen molar-refractivity contribution in [1.82, 2.24) is 50.3 Å². The van der Waals surface area contributed by atoms with Gasteiger partial charge in [0.25, 0.3) is 0 Å². The first kappa shape index (κ1) is 39.3. The largest absolute Gasteiger partial charge is 0.465 e. The molecule has 0 aliphatic carbocycles. The summed E-state index contributed by atoms with van der Waals surface area (Å²) in [6.45, 7) is 8.53. The van der Waals surface area contributed by atoms with Crippen LogP contribution in [0.5, 0.6) is 0 Å². The fourth-order valence-corrected chi connectivity index (χ4v) is 8.41. The third kappa shape index (κ3) is 7.74. The second kappa shape index (κ2) is 16.0. The van der Waals surface area contributed by atoms with Crippen LogP contribution < -0.4 is 10.6 Å². The topological polar surface area (TPSA) is 211 Å². The van der Waals surface area contributed by atoms with Gasteiger partial charge in [-0.15, -0.1) is 0 Å². The molecule has 0 bridgehead atoms. The van der Waals surface area contributed by atoms with E-state index < -0.39 is 24.3 Å². The molecule has 0 spiro atoms. The second-order valence-corrected chi connectivity index (χ2v) is 16.1. The Hall–Kier alpha value is -6.58. The molecule has 2 fully saturated rings.